The number of allylic oxidation sites excluding steroid dienone is 2. The Bertz CT molecular complexity index is 234. The highest BCUT2D eigenvalue weighted by atomic mass is 16.7. The van der Waals surface area contributed by atoms with E-state index in [2.05, 4.69) is 6.92 Å². The highest BCUT2D eigenvalue weighted by Crippen LogP contribution is 2.14. The summed E-state index contributed by atoms with van der Waals surface area (Å²) in [5.41, 5.74) is 0. The first-order valence-electron chi connectivity index (χ1n) is 7.28. The molecule has 0 unspecified atom stereocenters. The second kappa shape index (κ2) is 12.5. The van der Waals surface area contributed by atoms with Crippen LogP contribution in [0.3, 0.4) is 0 Å². The Kier molecular flexibility index (Phi) is 11.8. The van der Waals surface area contributed by atoms with Crippen molar-refractivity contribution in [1.82, 2.24) is 0 Å². The lowest BCUT2D eigenvalue weighted by Crippen LogP contribution is -2.07. The predicted octanol–water partition coefficient (Wildman–Crippen LogP) is 5.20. The van der Waals surface area contributed by atoms with Crippen molar-refractivity contribution in [3.05, 3.63) is 11.8 Å². The van der Waals surface area contributed by atoms with Gasteiger partial charge in [-0.25, -0.2) is 4.79 Å². The van der Waals surface area contributed by atoms with Gasteiger partial charge in [0.25, 0.3) is 0 Å². The van der Waals surface area contributed by atoms with Gasteiger partial charge in [-0.15, -0.1) is 0 Å². The standard InChI is InChI=1S/C15H28O3/c1-4-7-8-9-10-11-13-14(12-5-2)18-15(16)17-6-3/h12H,4-11,13H2,1-3H3. The number of carbonyl (C=O) groups is 1. The molecule has 18 heavy (non-hydrogen) atoms. The summed E-state index contributed by atoms with van der Waals surface area (Å²) >= 11 is 0. The van der Waals surface area contributed by atoms with Gasteiger partial charge in [-0.1, -0.05) is 46.0 Å². The van der Waals surface area contributed by atoms with Crippen molar-refractivity contribution in [2.24, 2.45) is 0 Å². The molecule has 0 spiro atoms. The first-order valence-corrected chi connectivity index (χ1v) is 7.28. The van der Waals surface area contributed by atoms with Crippen LogP contribution in [0.4, 0.5) is 4.79 Å². The first-order chi connectivity index (χ1) is 8.74. The maximum absolute atomic E-state index is 11.2. The van der Waals surface area contributed by atoms with Crippen molar-refractivity contribution in [3.63, 3.8) is 0 Å². The van der Waals surface area contributed by atoms with E-state index in [9.17, 15) is 4.79 Å². The van der Waals surface area contributed by atoms with E-state index in [-0.39, 0.29) is 0 Å². The molecular formula is C15H28O3. The van der Waals surface area contributed by atoms with Crippen molar-refractivity contribution >= 4 is 6.16 Å². The van der Waals surface area contributed by atoms with Gasteiger partial charge >= 0.3 is 6.16 Å². The summed E-state index contributed by atoms with van der Waals surface area (Å²) < 4.78 is 9.94. The van der Waals surface area contributed by atoms with Crippen LogP contribution in [0.15, 0.2) is 11.8 Å². The minimum atomic E-state index is -0.580. The van der Waals surface area contributed by atoms with Crippen LogP contribution in [0.2, 0.25) is 0 Å². The van der Waals surface area contributed by atoms with E-state index in [4.69, 9.17) is 9.47 Å². The van der Waals surface area contributed by atoms with Crippen molar-refractivity contribution in [3.8, 4) is 0 Å². The SMILES string of the molecule is CCC=C(CCCCCCCC)OC(=O)OCC. The van der Waals surface area contributed by atoms with Crippen LogP contribution < -0.4 is 0 Å². The van der Waals surface area contributed by atoms with Gasteiger partial charge in [0.1, 0.15) is 5.76 Å². The van der Waals surface area contributed by atoms with Crippen molar-refractivity contribution in [1.29, 1.82) is 0 Å². The van der Waals surface area contributed by atoms with Gasteiger partial charge in [0, 0.05) is 6.42 Å². The van der Waals surface area contributed by atoms with E-state index in [1.165, 1.54) is 32.1 Å². The number of unbranched alkanes of at least 4 members (excludes halogenated alkanes) is 5. The Morgan fingerprint density at radius 3 is 2.28 bits per heavy atom. The lowest BCUT2D eigenvalue weighted by Gasteiger charge is -2.08. The summed E-state index contributed by atoms with van der Waals surface area (Å²) in [7, 11) is 0. The van der Waals surface area contributed by atoms with Crippen LogP contribution in [0, 0.1) is 0 Å². The van der Waals surface area contributed by atoms with Crippen LogP contribution in [-0.2, 0) is 9.47 Å². The quantitative estimate of drug-likeness (QED) is 0.306. The van der Waals surface area contributed by atoms with Crippen molar-refractivity contribution < 1.29 is 14.3 Å². The molecule has 106 valence electrons. The Labute approximate surface area is 112 Å². The second-order valence-corrected chi connectivity index (χ2v) is 4.38. The molecule has 0 amide bonds. The zero-order valence-electron chi connectivity index (χ0n) is 12.2. The van der Waals surface area contributed by atoms with E-state index < -0.39 is 6.16 Å². The number of ether oxygens (including phenoxy) is 2. The molecule has 0 radical (unpaired) electrons. The molecule has 0 bridgehead atoms. The number of carbonyl (C=O) groups excluding carboxylic acids is 1. The maximum Gasteiger partial charge on any atom is 0.513 e. The fourth-order valence-electron chi connectivity index (χ4n) is 1.76. The van der Waals surface area contributed by atoms with Gasteiger partial charge < -0.3 is 9.47 Å². The molecule has 3 nitrogen and oxygen atoms in total. The highest BCUT2D eigenvalue weighted by Gasteiger charge is 2.07. The van der Waals surface area contributed by atoms with E-state index in [1.807, 2.05) is 13.0 Å². The minimum absolute atomic E-state index is 0.356. The van der Waals surface area contributed by atoms with E-state index >= 15 is 0 Å². The summed E-state index contributed by atoms with van der Waals surface area (Å²) in [5, 5.41) is 0. The van der Waals surface area contributed by atoms with Crippen LogP contribution in [0.5, 0.6) is 0 Å². The summed E-state index contributed by atoms with van der Waals surface area (Å²) in [6, 6.07) is 0. The third kappa shape index (κ3) is 10.2. The molecule has 0 saturated carbocycles. The average Bonchev–Trinajstić information content (AvgIpc) is 2.34. The Hall–Kier alpha value is -0.990. The monoisotopic (exact) mass is 256 g/mol. The van der Waals surface area contributed by atoms with Crippen LogP contribution in [-0.4, -0.2) is 12.8 Å². The molecule has 0 aromatic heterocycles. The fourth-order valence-corrected chi connectivity index (χ4v) is 1.76. The van der Waals surface area contributed by atoms with Gasteiger partial charge in [-0.2, -0.15) is 0 Å². The van der Waals surface area contributed by atoms with Gasteiger partial charge in [0.05, 0.1) is 6.61 Å². The van der Waals surface area contributed by atoms with E-state index in [0.717, 1.165) is 25.0 Å². The largest absolute Gasteiger partial charge is 0.513 e. The molecule has 0 heterocycles. The third-order valence-electron chi connectivity index (χ3n) is 2.69. The minimum Gasteiger partial charge on any atom is -0.434 e. The van der Waals surface area contributed by atoms with Gasteiger partial charge in [0.15, 0.2) is 0 Å². The summed E-state index contributed by atoms with van der Waals surface area (Å²) in [6.45, 7) is 6.39. The molecule has 0 fully saturated rings. The zero-order valence-corrected chi connectivity index (χ0v) is 12.2. The van der Waals surface area contributed by atoms with Gasteiger partial charge in [0.2, 0.25) is 0 Å². The van der Waals surface area contributed by atoms with E-state index in [0.29, 0.717) is 6.61 Å². The van der Waals surface area contributed by atoms with Crippen molar-refractivity contribution in [2.75, 3.05) is 6.61 Å². The third-order valence-corrected chi connectivity index (χ3v) is 2.69. The summed E-state index contributed by atoms with van der Waals surface area (Å²) in [5.74, 6) is 0.756. The number of hydrogen-bond donors (Lipinski definition) is 0. The molecule has 0 aromatic carbocycles. The maximum atomic E-state index is 11.2. The first kappa shape index (κ1) is 17.0. The summed E-state index contributed by atoms with van der Waals surface area (Å²) in [6.07, 6.45) is 10.5. The number of hydrogen-bond acceptors (Lipinski definition) is 3. The van der Waals surface area contributed by atoms with Crippen LogP contribution >= 0.6 is 0 Å². The molecule has 3 heteroatoms. The fraction of sp³-hybridized carbons (Fsp3) is 0.800. The molecule has 0 saturated heterocycles. The van der Waals surface area contributed by atoms with Crippen LogP contribution in [0.25, 0.3) is 0 Å². The van der Waals surface area contributed by atoms with Gasteiger partial charge in [-0.05, 0) is 25.8 Å². The molecular weight excluding hydrogens is 228 g/mol. The molecule has 0 aromatic rings. The number of rotatable bonds is 10. The molecule has 0 N–H and O–H groups in total. The lowest BCUT2D eigenvalue weighted by atomic mass is 10.1. The average molecular weight is 256 g/mol. The normalized spacial score (nSPS) is 11.4. The molecule has 0 aliphatic carbocycles. The Morgan fingerprint density at radius 2 is 1.67 bits per heavy atom. The predicted molar refractivity (Wildman–Crippen MR) is 74.5 cm³/mol. The zero-order chi connectivity index (χ0) is 13.6. The van der Waals surface area contributed by atoms with Gasteiger partial charge in [-0.3, -0.25) is 0 Å². The van der Waals surface area contributed by atoms with Crippen LogP contribution in [0.1, 0.15) is 72.1 Å². The second-order valence-electron chi connectivity index (χ2n) is 4.38. The smallest absolute Gasteiger partial charge is 0.434 e. The lowest BCUT2D eigenvalue weighted by molar-refractivity contribution is 0.0789. The molecule has 0 aliphatic heterocycles. The Morgan fingerprint density at radius 1 is 1.00 bits per heavy atom. The molecule has 0 atom stereocenters. The highest BCUT2D eigenvalue weighted by molar-refractivity contribution is 5.61. The summed E-state index contributed by atoms with van der Waals surface area (Å²) in [4.78, 5) is 11.2. The molecule has 0 rings (SSSR count). The topological polar surface area (TPSA) is 35.5 Å². The van der Waals surface area contributed by atoms with E-state index in [1.54, 1.807) is 6.92 Å². The van der Waals surface area contributed by atoms with Crippen molar-refractivity contribution in [2.45, 2.75) is 72.1 Å². The molecule has 0 aliphatic rings. The Balaban J connectivity index is 3.77.